The predicted molar refractivity (Wildman–Crippen MR) is 105 cm³/mol. The molecule has 1 fully saturated rings. The van der Waals surface area contributed by atoms with Gasteiger partial charge in [-0.2, -0.15) is 4.98 Å². The Bertz CT molecular complexity index is 851. The Morgan fingerprint density at radius 3 is 2.64 bits per heavy atom. The lowest BCUT2D eigenvalue weighted by Gasteiger charge is -2.35. The lowest BCUT2D eigenvalue weighted by atomic mass is 10.0. The first-order valence-corrected chi connectivity index (χ1v) is 9.56. The van der Waals surface area contributed by atoms with Crippen LogP contribution in [-0.2, 0) is 9.59 Å². The molecule has 0 saturated carbocycles. The number of ether oxygens (including phenoxy) is 1. The average molecular weight is 382 g/mol. The topological polar surface area (TPSA) is 84.4 Å². The fourth-order valence-corrected chi connectivity index (χ4v) is 3.29. The van der Waals surface area contributed by atoms with E-state index in [4.69, 9.17) is 4.74 Å². The summed E-state index contributed by atoms with van der Waals surface area (Å²) in [5.41, 5.74) is 1.94. The van der Waals surface area contributed by atoms with Crippen LogP contribution in [0.3, 0.4) is 0 Å². The van der Waals surface area contributed by atoms with Gasteiger partial charge in [-0.15, -0.1) is 0 Å². The number of carbonyl (C=O) groups excluding carboxylic acids is 2. The van der Waals surface area contributed by atoms with Gasteiger partial charge in [-0.3, -0.25) is 9.59 Å². The van der Waals surface area contributed by atoms with Crippen LogP contribution in [0.1, 0.15) is 49.3 Å². The van der Waals surface area contributed by atoms with Crippen LogP contribution in [0.2, 0.25) is 0 Å². The summed E-state index contributed by atoms with van der Waals surface area (Å²) in [7, 11) is 0. The third-order valence-electron chi connectivity index (χ3n) is 4.70. The number of rotatable bonds is 5. The van der Waals surface area contributed by atoms with E-state index in [1.807, 2.05) is 38.1 Å². The van der Waals surface area contributed by atoms with Crippen LogP contribution in [0.25, 0.3) is 0 Å². The van der Waals surface area contributed by atoms with Crippen molar-refractivity contribution in [3.05, 3.63) is 47.4 Å². The van der Waals surface area contributed by atoms with Crippen LogP contribution < -0.4 is 10.1 Å². The van der Waals surface area contributed by atoms with Crippen LogP contribution in [0.5, 0.6) is 11.6 Å². The van der Waals surface area contributed by atoms with Gasteiger partial charge in [-0.25, -0.2) is 4.98 Å². The zero-order valence-electron chi connectivity index (χ0n) is 16.6. The largest absolute Gasteiger partial charge is 0.439 e. The van der Waals surface area contributed by atoms with Crippen molar-refractivity contribution in [1.29, 1.82) is 0 Å². The molecule has 1 saturated heterocycles. The van der Waals surface area contributed by atoms with Crippen LogP contribution in [0, 0.1) is 13.8 Å². The summed E-state index contributed by atoms with van der Waals surface area (Å²) in [4.78, 5) is 34.7. The number of aryl methyl sites for hydroxylation is 2. The summed E-state index contributed by atoms with van der Waals surface area (Å²) in [6.07, 6.45) is 2.72. The molecule has 1 aliphatic heterocycles. The molecule has 1 atom stereocenters. The van der Waals surface area contributed by atoms with Crippen LogP contribution in [0.15, 0.2) is 30.3 Å². The number of piperidine rings is 1. The number of likely N-dealkylation sites (tertiary alicyclic amines) is 1. The number of hydrogen-bond acceptors (Lipinski definition) is 5. The number of benzene rings is 1. The zero-order chi connectivity index (χ0) is 20.1. The van der Waals surface area contributed by atoms with Crippen LogP contribution >= 0.6 is 0 Å². The Morgan fingerprint density at radius 2 is 1.93 bits per heavy atom. The molecule has 28 heavy (non-hydrogen) atoms. The van der Waals surface area contributed by atoms with Crippen molar-refractivity contribution in [2.24, 2.45) is 0 Å². The maximum absolute atomic E-state index is 12.6. The van der Waals surface area contributed by atoms with E-state index in [0.717, 1.165) is 30.5 Å². The van der Waals surface area contributed by atoms with E-state index in [9.17, 15) is 9.59 Å². The minimum absolute atomic E-state index is 0.00955. The van der Waals surface area contributed by atoms with Gasteiger partial charge in [-0.05, 0) is 45.2 Å². The molecule has 3 rings (SSSR count). The number of nitrogens with one attached hydrogen (secondary N) is 1. The van der Waals surface area contributed by atoms with Crippen molar-refractivity contribution >= 4 is 11.8 Å². The zero-order valence-corrected chi connectivity index (χ0v) is 16.6. The van der Waals surface area contributed by atoms with E-state index < -0.39 is 0 Å². The second-order valence-corrected chi connectivity index (χ2v) is 7.13. The van der Waals surface area contributed by atoms with Gasteiger partial charge in [-0.1, -0.05) is 17.7 Å². The summed E-state index contributed by atoms with van der Waals surface area (Å²) in [5.74, 6) is 1.41. The minimum atomic E-state index is -0.220. The number of hydrogen-bond donors (Lipinski definition) is 1. The highest BCUT2D eigenvalue weighted by molar-refractivity contribution is 5.84. The van der Waals surface area contributed by atoms with Gasteiger partial charge in [0.05, 0.1) is 12.6 Å². The van der Waals surface area contributed by atoms with Crippen molar-refractivity contribution < 1.29 is 14.3 Å². The highest BCUT2D eigenvalue weighted by Crippen LogP contribution is 2.31. The molecule has 1 aromatic heterocycles. The SMILES string of the molecule is CC(=O)NCC(=O)N1CCCC[C@@H]1c1nc(C)cc(Oc2ccc(C)cc2)n1. The monoisotopic (exact) mass is 382 g/mol. The number of nitrogens with zero attached hydrogens (tertiary/aromatic N) is 3. The highest BCUT2D eigenvalue weighted by Gasteiger charge is 2.30. The molecule has 1 aromatic carbocycles. The van der Waals surface area contributed by atoms with Gasteiger partial charge in [0.2, 0.25) is 17.7 Å². The van der Waals surface area contributed by atoms with Gasteiger partial charge in [0, 0.05) is 25.2 Å². The Morgan fingerprint density at radius 1 is 1.18 bits per heavy atom. The van der Waals surface area contributed by atoms with Gasteiger partial charge < -0.3 is 15.0 Å². The van der Waals surface area contributed by atoms with Crippen molar-refractivity contribution in [2.45, 2.75) is 46.1 Å². The maximum Gasteiger partial charge on any atom is 0.242 e. The fourth-order valence-electron chi connectivity index (χ4n) is 3.29. The average Bonchev–Trinajstić information content (AvgIpc) is 2.67. The van der Waals surface area contributed by atoms with E-state index in [1.54, 1.807) is 11.0 Å². The Balaban J connectivity index is 1.81. The Hall–Kier alpha value is -2.96. The maximum atomic E-state index is 12.6. The Labute approximate surface area is 165 Å². The standard InChI is InChI=1S/C21H26N4O3/c1-14-7-9-17(10-8-14)28-19-12-15(2)23-21(24-19)18-6-4-5-11-25(18)20(27)13-22-16(3)26/h7-10,12,18H,4-6,11,13H2,1-3H3,(H,22,26)/t18-/m1/s1. The molecule has 148 valence electrons. The highest BCUT2D eigenvalue weighted by atomic mass is 16.5. The molecular formula is C21H26N4O3. The van der Waals surface area contributed by atoms with Crippen molar-refractivity contribution in [2.75, 3.05) is 13.1 Å². The summed E-state index contributed by atoms with van der Waals surface area (Å²) in [6, 6.07) is 9.33. The van der Waals surface area contributed by atoms with Crippen LogP contribution in [0.4, 0.5) is 0 Å². The molecule has 2 heterocycles. The fraction of sp³-hybridized carbons (Fsp3) is 0.429. The number of aromatic nitrogens is 2. The molecular weight excluding hydrogens is 356 g/mol. The first-order chi connectivity index (χ1) is 13.4. The number of carbonyl (C=O) groups is 2. The molecule has 0 spiro atoms. The third kappa shape index (κ3) is 5.06. The second kappa shape index (κ2) is 8.82. The molecule has 7 nitrogen and oxygen atoms in total. The van der Waals surface area contributed by atoms with E-state index in [0.29, 0.717) is 24.0 Å². The second-order valence-electron chi connectivity index (χ2n) is 7.13. The lowest BCUT2D eigenvalue weighted by molar-refractivity contribution is -0.136. The van der Waals surface area contributed by atoms with Gasteiger partial charge in [0.1, 0.15) is 5.75 Å². The lowest BCUT2D eigenvalue weighted by Crippen LogP contribution is -2.44. The summed E-state index contributed by atoms with van der Waals surface area (Å²) in [6.45, 7) is 5.93. The predicted octanol–water partition coefficient (Wildman–Crippen LogP) is 3.08. The van der Waals surface area contributed by atoms with Gasteiger partial charge in [0.25, 0.3) is 0 Å². The minimum Gasteiger partial charge on any atom is -0.439 e. The first-order valence-electron chi connectivity index (χ1n) is 9.56. The molecule has 0 unspecified atom stereocenters. The number of amides is 2. The normalized spacial score (nSPS) is 16.5. The summed E-state index contributed by atoms with van der Waals surface area (Å²) >= 11 is 0. The summed E-state index contributed by atoms with van der Waals surface area (Å²) in [5, 5.41) is 2.58. The molecule has 2 amide bonds. The van der Waals surface area contributed by atoms with Gasteiger partial charge in [0.15, 0.2) is 5.82 Å². The Kier molecular flexibility index (Phi) is 6.23. The molecule has 1 aliphatic rings. The molecule has 0 aliphatic carbocycles. The molecule has 2 aromatic rings. The quantitative estimate of drug-likeness (QED) is 0.859. The van der Waals surface area contributed by atoms with Crippen molar-refractivity contribution in [3.8, 4) is 11.6 Å². The van der Waals surface area contributed by atoms with E-state index >= 15 is 0 Å². The van der Waals surface area contributed by atoms with Crippen molar-refractivity contribution in [3.63, 3.8) is 0 Å². The first kappa shape index (κ1) is 19.8. The van der Waals surface area contributed by atoms with Crippen LogP contribution in [-0.4, -0.2) is 39.8 Å². The molecule has 1 N–H and O–H groups in total. The van der Waals surface area contributed by atoms with E-state index in [-0.39, 0.29) is 24.4 Å². The molecule has 0 radical (unpaired) electrons. The summed E-state index contributed by atoms with van der Waals surface area (Å²) < 4.78 is 5.91. The van der Waals surface area contributed by atoms with Gasteiger partial charge >= 0.3 is 0 Å². The molecule has 0 bridgehead atoms. The van der Waals surface area contributed by atoms with Crippen molar-refractivity contribution in [1.82, 2.24) is 20.2 Å². The smallest absolute Gasteiger partial charge is 0.242 e. The van der Waals surface area contributed by atoms with E-state index in [1.165, 1.54) is 6.92 Å². The molecule has 7 heteroatoms. The third-order valence-corrected chi connectivity index (χ3v) is 4.70. The van der Waals surface area contributed by atoms with E-state index in [2.05, 4.69) is 15.3 Å².